The lowest BCUT2D eigenvalue weighted by atomic mass is 10.1. The number of aromatic nitrogens is 2. The molecule has 6 heteroatoms. The van der Waals surface area contributed by atoms with Crippen molar-refractivity contribution in [2.45, 2.75) is 18.9 Å². The molecule has 3 rings (SSSR count). The van der Waals surface area contributed by atoms with Crippen molar-refractivity contribution in [3.63, 3.8) is 0 Å². The van der Waals surface area contributed by atoms with Gasteiger partial charge < -0.3 is 19.8 Å². The Morgan fingerprint density at radius 3 is 2.50 bits per heavy atom. The van der Waals surface area contributed by atoms with Gasteiger partial charge in [-0.3, -0.25) is 0 Å². The highest BCUT2D eigenvalue weighted by molar-refractivity contribution is 9.10. The molecular formula is C14H16BrN3O2. The van der Waals surface area contributed by atoms with Gasteiger partial charge in [0.1, 0.15) is 11.5 Å². The highest BCUT2D eigenvalue weighted by atomic mass is 79.9. The summed E-state index contributed by atoms with van der Waals surface area (Å²) in [5, 5.41) is 0. The van der Waals surface area contributed by atoms with Crippen molar-refractivity contribution < 1.29 is 9.47 Å². The summed E-state index contributed by atoms with van der Waals surface area (Å²) in [4.78, 5) is 4.45. The number of nitrogen functional groups attached to an aromatic ring is 1. The van der Waals surface area contributed by atoms with E-state index >= 15 is 0 Å². The molecule has 0 amide bonds. The number of halogens is 1. The van der Waals surface area contributed by atoms with Gasteiger partial charge in [0, 0.05) is 16.1 Å². The first kappa shape index (κ1) is 13.3. The third-order valence-corrected chi connectivity index (χ3v) is 4.16. The Morgan fingerprint density at radius 2 is 1.90 bits per heavy atom. The summed E-state index contributed by atoms with van der Waals surface area (Å²) in [6.07, 6.45) is 4.16. The molecule has 2 aromatic rings. The molecule has 106 valence electrons. The van der Waals surface area contributed by atoms with Crippen LogP contribution in [0, 0.1) is 0 Å². The number of rotatable bonds is 4. The molecule has 1 aliphatic rings. The number of nitrogens with zero attached hydrogens (tertiary/aromatic N) is 2. The van der Waals surface area contributed by atoms with Crippen LogP contribution in [0.25, 0.3) is 11.3 Å². The molecule has 1 aromatic carbocycles. The molecule has 20 heavy (non-hydrogen) atoms. The number of methoxy groups -OCH3 is 2. The fourth-order valence-electron chi connectivity index (χ4n) is 2.26. The topological polar surface area (TPSA) is 62.3 Å². The standard InChI is InChI=1S/C14H16BrN3O2/c1-19-11-5-9(10(15)6-12(11)20-2)13-14(16)18(7-17-13)8-3-4-8/h5-8H,3-4,16H2,1-2H3. The Bertz CT molecular complexity index is 650. The number of ether oxygens (including phenoxy) is 2. The van der Waals surface area contributed by atoms with Crippen molar-refractivity contribution in [1.29, 1.82) is 0 Å². The van der Waals surface area contributed by atoms with E-state index in [1.54, 1.807) is 14.2 Å². The third kappa shape index (κ3) is 2.14. The van der Waals surface area contributed by atoms with Gasteiger partial charge in [0.25, 0.3) is 0 Å². The minimum absolute atomic E-state index is 0.509. The first-order chi connectivity index (χ1) is 9.65. The second-order valence-corrected chi connectivity index (χ2v) is 5.66. The van der Waals surface area contributed by atoms with Gasteiger partial charge in [-0.1, -0.05) is 0 Å². The van der Waals surface area contributed by atoms with E-state index in [0.717, 1.165) is 15.7 Å². The lowest BCUT2D eigenvalue weighted by molar-refractivity contribution is 0.355. The Morgan fingerprint density at radius 1 is 1.25 bits per heavy atom. The quantitative estimate of drug-likeness (QED) is 0.930. The monoisotopic (exact) mass is 337 g/mol. The van der Waals surface area contributed by atoms with Gasteiger partial charge >= 0.3 is 0 Å². The lowest BCUT2D eigenvalue weighted by Gasteiger charge is -2.11. The van der Waals surface area contributed by atoms with E-state index in [-0.39, 0.29) is 0 Å². The predicted octanol–water partition coefficient (Wildman–Crippen LogP) is 3.25. The summed E-state index contributed by atoms with van der Waals surface area (Å²) < 4.78 is 13.5. The summed E-state index contributed by atoms with van der Waals surface area (Å²) >= 11 is 3.54. The van der Waals surface area contributed by atoms with Crippen molar-refractivity contribution in [2.75, 3.05) is 20.0 Å². The van der Waals surface area contributed by atoms with Crippen LogP contribution in [0.4, 0.5) is 5.82 Å². The summed E-state index contributed by atoms with van der Waals surface area (Å²) in [7, 11) is 3.22. The molecule has 0 spiro atoms. The van der Waals surface area contributed by atoms with Crippen LogP contribution in [0.5, 0.6) is 11.5 Å². The average molecular weight is 338 g/mol. The second-order valence-electron chi connectivity index (χ2n) is 4.80. The van der Waals surface area contributed by atoms with Gasteiger partial charge in [-0.05, 0) is 40.9 Å². The Kier molecular flexibility index (Phi) is 3.33. The zero-order valence-corrected chi connectivity index (χ0v) is 13.0. The first-order valence-electron chi connectivity index (χ1n) is 6.40. The molecule has 1 saturated carbocycles. The molecule has 5 nitrogen and oxygen atoms in total. The summed E-state index contributed by atoms with van der Waals surface area (Å²) in [5.41, 5.74) is 7.89. The molecule has 1 heterocycles. The van der Waals surface area contributed by atoms with Gasteiger partial charge in [-0.15, -0.1) is 0 Å². The largest absolute Gasteiger partial charge is 0.493 e. The van der Waals surface area contributed by atoms with E-state index in [9.17, 15) is 0 Å². The summed E-state index contributed by atoms with van der Waals surface area (Å²) in [5.74, 6) is 2.02. The summed E-state index contributed by atoms with van der Waals surface area (Å²) in [6.45, 7) is 0. The molecule has 0 unspecified atom stereocenters. The second kappa shape index (κ2) is 5.01. The van der Waals surface area contributed by atoms with Gasteiger partial charge in [0.2, 0.25) is 0 Å². The molecule has 2 N–H and O–H groups in total. The Hall–Kier alpha value is -1.69. The molecule has 0 radical (unpaired) electrons. The molecule has 0 aliphatic heterocycles. The number of imidazole rings is 1. The molecule has 1 aromatic heterocycles. The minimum Gasteiger partial charge on any atom is -0.493 e. The fraction of sp³-hybridized carbons (Fsp3) is 0.357. The van der Waals surface area contributed by atoms with Crippen LogP contribution in [0.2, 0.25) is 0 Å². The first-order valence-corrected chi connectivity index (χ1v) is 7.19. The van der Waals surface area contributed by atoms with Crippen molar-refractivity contribution >= 4 is 21.7 Å². The van der Waals surface area contributed by atoms with E-state index in [4.69, 9.17) is 15.2 Å². The predicted molar refractivity (Wildman–Crippen MR) is 81.2 cm³/mol. The molecular weight excluding hydrogens is 322 g/mol. The number of nitrogens with two attached hydrogens (primary N) is 1. The maximum absolute atomic E-state index is 6.21. The van der Waals surface area contributed by atoms with Crippen LogP contribution >= 0.6 is 15.9 Å². The molecule has 0 saturated heterocycles. The zero-order valence-electron chi connectivity index (χ0n) is 11.4. The Balaban J connectivity index is 2.09. The molecule has 0 bridgehead atoms. The van der Waals surface area contributed by atoms with Crippen molar-refractivity contribution in [2.24, 2.45) is 0 Å². The third-order valence-electron chi connectivity index (χ3n) is 3.50. The number of hydrogen-bond donors (Lipinski definition) is 1. The normalized spacial score (nSPS) is 14.3. The van der Waals surface area contributed by atoms with E-state index in [1.165, 1.54) is 12.8 Å². The van der Waals surface area contributed by atoms with Crippen molar-refractivity contribution in [1.82, 2.24) is 9.55 Å². The van der Waals surface area contributed by atoms with Gasteiger partial charge in [-0.25, -0.2) is 4.98 Å². The number of benzene rings is 1. The van der Waals surface area contributed by atoms with Crippen LogP contribution in [-0.4, -0.2) is 23.8 Å². The fourth-order valence-corrected chi connectivity index (χ4v) is 2.77. The maximum atomic E-state index is 6.21. The van der Waals surface area contributed by atoms with Crippen molar-refractivity contribution in [3.05, 3.63) is 22.9 Å². The van der Waals surface area contributed by atoms with Crippen molar-refractivity contribution in [3.8, 4) is 22.8 Å². The smallest absolute Gasteiger partial charge is 0.161 e. The van der Waals surface area contributed by atoms with Crippen LogP contribution in [0.1, 0.15) is 18.9 Å². The van der Waals surface area contributed by atoms with Crippen LogP contribution in [0.15, 0.2) is 22.9 Å². The molecule has 0 atom stereocenters. The Labute approximate surface area is 125 Å². The van der Waals surface area contributed by atoms with E-state index < -0.39 is 0 Å². The van der Waals surface area contributed by atoms with E-state index in [2.05, 4.69) is 20.9 Å². The van der Waals surface area contributed by atoms with Crippen LogP contribution in [0.3, 0.4) is 0 Å². The maximum Gasteiger partial charge on any atom is 0.161 e. The lowest BCUT2D eigenvalue weighted by Crippen LogP contribution is -2.00. The van der Waals surface area contributed by atoms with Gasteiger partial charge in [-0.2, -0.15) is 0 Å². The van der Waals surface area contributed by atoms with E-state index in [1.807, 2.05) is 23.0 Å². The number of anilines is 1. The van der Waals surface area contributed by atoms with E-state index in [0.29, 0.717) is 23.4 Å². The van der Waals surface area contributed by atoms with Crippen LogP contribution in [-0.2, 0) is 0 Å². The molecule has 1 fully saturated rings. The zero-order chi connectivity index (χ0) is 14.3. The minimum atomic E-state index is 0.509. The number of hydrogen-bond acceptors (Lipinski definition) is 4. The average Bonchev–Trinajstić information content (AvgIpc) is 3.22. The van der Waals surface area contributed by atoms with Gasteiger partial charge in [0.15, 0.2) is 11.5 Å². The van der Waals surface area contributed by atoms with Gasteiger partial charge in [0.05, 0.1) is 20.5 Å². The van der Waals surface area contributed by atoms with Crippen LogP contribution < -0.4 is 15.2 Å². The highest BCUT2D eigenvalue weighted by Gasteiger charge is 2.27. The summed E-state index contributed by atoms with van der Waals surface area (Å²) in [6, 6.07) is 4.26. The SMILES string of the molecule is COc1cc(Br)c(-c2ncn(C3CC3)c2N)cc1OC. The molecule has 1 aliphatic carbocycles. The highest BCUT2D eigenvalue weighted by Crippen LogP contribution is 2.43.